The Hall–Kier alpha value is -1.95. The topological polar surface area (TPSA) is 47.1 Å². The smallest absolute Gasteiger partial charge is 0.328 e. The molecule has 7 heteroatoms. The molecule has 4 amide bonds. The van der Waals surface area contributed by atoms with Crippen LogP contribution in [0.25, 0.3) is 0 Å². The van der Waals surface area contributed by atoms with Gasteiger partial charge in [0.15, 0.2) is 0 Å². The summed E-state index contributed by atoms with van der Waals surface area (Å²) in [7, 11) is 4.77. The third-order valence-corrected chi connectivity index (χ3v) is 3.95. The average Bonchev–Trinajstić information content (AvgIpc) is 2.53. The summed E-state index contributed by atoms with van der Waals surface area (Å²) in [5.41, 5.74) is 1.09. The summed E-state index contributed by atoms with van der Waals surface area (Å²) in [5.74, 6) is 0. The van der Waals surface area contributed by atoms with Gasteiger partial charge in [0.05, 0.1) is 0 Å². The fraction of sp³-hybridized carbons (Fsp3) is 0.467. The van der Waals surface area contributed by atoms with Crippen LogP contribution in [0.5, 0.6) is 0 Å². The lowest BCUT2D eigenvalue weighted by molar-refractivity contribution is 0.149. The number of benzene rings is 1. The van der Waals surface area contributed by atoms with Gasteiger partial charge in [-0.15, -0.1) is 0 Å². The van der Waals surface area contributed by atoms with Crippen LogP contribution in [0, 0.1) is 0 Å². The number of urea groups is 2. The summed E-state index contributed by atoms with van der Waals surface area (Å²) in [6.45, 7) is 2.65. The number of hydrogen-bond acceptors (Lipinski definition) is 3. The SMILES string of the molecule is CN(C)C(=O)N(C)C(=O)N1CCN(c2ccc(Cl)cc2)CC1. The Balaban J connectivity index is 1.93. The minimum Gasteiger partial charge on any atom is -0.368 e. The first-order valence-corrected chi connectivity index (χ1v) is 7.52. The molecule has 1 aromatic rings. The number of piperazine rings is 1. The molecule has 0 aliphatic carbocycles. The molecule has 0 atom stereocenters. The summed E-state index contributed by atoms with van der Waals surface area (Å²) in [6, 6.07) is 7.10. The van der Waals surface area contributed by atoms with Crippen molar-refractivity contribution in [1.82, 2.24) is 14.7 Å². The Kier molecular flexibility index (Phi) is 5.13. The van der Waals surface area contributed by atoms with E-state index < -0.39 is 0 Å². The molecule has 120 valence electrons. The van der Waals surface area contributed by atoms with Crippen LogP contribution < -0.4 is 4.90 Å². The standard InChI is InChI=1S/C15H21ClN4O2/c1-17(2)14(21)18(3)15(22)20-10-8-19(9-11-20)13-6-4-12(16)5-7-13/h4-7H,8-11H2,1-3H3. The highest BCUT2D eigenvalue weighted by Crippen LogP contribution is 2.19. The maximum absolute atomic E-state index is 12.3. The van der Waals surface area contributed by atoms with Crippen LogP contribution in [0.1, 0.15) is 0 Å². The average molecular weight is 325 g/mol. The van der Waals surface area contributed by atoms with Crippen molar-refractivity contribution < 1.29 is 9.59 Å². The minimum atomic E-state index is -0.315. The lowest BCUT2D eigenvalue weighted by Crippen LogP contribution is -2.54. The highest BCUT2D eigenvalue weighted by atomic mass is 35.5. The number of rotatable bonds is 1. The van der Waals surface area contributed by atoms with Gasteiger partial charge in [-0.3, -0.25) is 0 Å². The van der Waals surface area contributed by atoms with E-state index in [1.54, 1.807) is 19.0 Å². The molecule has 1 saturated heterocycles. The molecule has 6 nitrogen and oxygen atoms in total. The molecule has 0 radical (unpaired) electrons. The molecule has 1 heterocycles. The van der Waals surface area contributed by atoms with Gasteiger partial charge in [-0.1, -0.05) is 11.6 Å². The van der Waals surface area contributed by atoms with Crippen LogP contribution in [0.3, 0.4) is 0 Å². The van der Waals surface area contributed by atoms with Gasteiger partial charge in [-0.05, 0) is 24.3 Å². The molecule has 1 aromatic carbocycles. The molecular weight excluding hydrogens is 304 g/mol. The van der Waals surface area contributed by atoms with E-state index in [1.165, 1.54) is 11.9 Å². The third-order valence-electron chi connectivity index (χ3n) is 3.70. The molecule has 1 fully saturated rings. The quantitative estimate of drug-likeness (QED) is 0.795. The number of carbonyl (C=O) groups is 2. The van der Waals surface area contributed by atoms with Crippen LogP contribution in [0.15, 0.2) is 24.3 Å². The van der Waals surface area contributed by atoms with Gasteiger partial charge < -0.3 is 14.7 Å². The van der Waals surface area contributed by atoms with Crippen LogP contribution in [0.4, 0.5) is 15.3 Å². The van der Waals surface area contributed by atoms with E-state index in [4.69, 9.17) is 11.6 Å². The molecule has 2 rings (SSSR count). The van der Waals surface area contributed by atoms with Gasteiger partial charge in [-0.25, -0.2) is 14.5 Å². The van der Waals surface area contributed by atoms with E-state index in [9.17, 15) is 9.59 Å². The van der Waals surface area contributed by atoms with E-state index in [0.717, 1.165) is 23.7 Å². The van der Waals surface area contributed by atoms with Crippen LogP contribution in [-0.2, 0) is 0 Å². The molecular formula is C15H21ClN4O2. The Morgan fingerprint density at radius 1 is 1.00 bits per heavy atom. The highest BCUT2D eigenvalue weighted by molar-refractivity contribution is 6.30. The van der Waals surface area contributed by atoms with Crippen molar-refractivity contribution in [1.29, 1.82) is 0 Å². The second kappa shape index (κ2) is 6.87. The zero-order chi connectivity index (χ0) is 16.3. The normalized spacial score (nSPS) is 14.7. The molecule has 0 saturated carbocycles. The Labute approximate surface area is 135 Å². The number of halogens is 1. The van der Waals surface area contributed by atoms with Crippen molar-refractivity contribution in [2.75, 3.05) is 52.2 Å². The summed E-state index contributed by atoms with van der Waals surface area (Å²) in [6.07, 6.45) is 0. The van der Waals surface area contributed by atoms with Crippen molar-refractivity contribution in [2.24, 2.45) is 0 Å². The maximum atomic E-state index is 12.3. The predicted octanol–water partition coefficient (Wildman–Crippen LogP) is 2.20. The third kappa shape index (κ3) is 3.62. The number of amides is 4. The number of hydrogen-bond donors (Lipinski definition) is 0. The van der Waals surface area contributed by atoms with Gasteiger partial charge in [0, 0.05) is 58.0 Å². The number of imide groups is 1. The van der Waals surface area contributed by atoms with Gasteiger partial charge in [0.2, 0.25) is 0 Å². The fourth-order valence-corrected chi connectivity index (χ4v) is 2.53. The largest absolute Gasteiger partial charge is 0.368 e. The Bertz CT molecular complexity index is 539. The van der Waals surface area contributed by atoms with Gasteiger partial charge in [0.1, 0.15) is 0 Å². The molecule has 0 unspecified atom stereocenters. The second-order valence-corrected chi connectivity index (χ2v) is 5.91. The first kappa shape index (κ1) is 16.4. The van der Waals surface area contributed by atoms with E-state index in [-0.39, 0.29) is 12.1 Å². The van der Waals surface area contributed by atoms with E-state index in [0.29, 0.717) is 18.1 Å². The highest BCUT2D eigenvalue weighted by Gasteiger charge is 2.27. The lowest BCUT2D eigenvalue weighted by Gasteiger charge is -2.37. The van der Waals surface area contributed by atoms with Crippen molar-refractivity contribution in [3.63, 3.8) is 0 Å². The lowest BCUT2D eigenvalue weighted by atomic mass is 10.2. The summed E-state index contributed by atoms with van der Waals surface area (Å²) < 4.78 is 0. The molecule has 0 bridgehead atoms. The van der Waals surface area contributed by atoms with Gasteiger partial charge in [-0.2, -0.15) is 0 Å². The molecule has 1 aliphatic rings. The van der Waals surface area contributed by atoms with Crippen molar-refractivity contribution in [2.45, 2.75) is 0 Å². The molecule has 22 heavy (non-hydrogen) atoms. The zero-order valence-corrected chi connectivity index (χ0v) is 13.9. The summed E-state index contributed by atoms with van der Waals surface area (Å²) in [4.78, 5) is 30.6. The fourth-order valence-electron chi connectivity index (χ4n) is 2.40. The molecule has 0 aromatic heterocycles. The van der Waals surface area contributed by atoms with Crippen LogP contribution in [0.2, 0.25) is 5.02 Å². The zero-order valence-electron chi connectivity index (χ0n) is 13.1. The molecule has 0 spiro atoms. The van der Waals surface area contributed by atoms with Crippen molar-refractivity contribution in [3.8, 4) is 0 Å². The van der Waals surface area contributed by atoms with E-state index >= 15 is 0 Å². The van der Waals surface area contributed by atoms with E-state index in [1.807, 2.05) is 24.3 Å². The second-order valence-electron chi connectivity index (χ2n) is 5.47. The predicted molar refractivity (Wildman–Crippen MR) is 87.5 cm³/mol. The summed E-state index contributed by atoms with van der Waals surface area (Å²) in [5, 5.41) is 0.710. The molecule has 0 N–H and O–H groups in total. The van der Waals surface area contributed by atoms with Gasteiger partial charge >= 0.3 is 12.1 Å². The van der Waals surface area contributed by atoms with Crippen molar-refractivity contribution >= 4 is 29.4 Å². The van der Waals surface area contributed by atoms with Crippen LogP contribution >= 0.6 is 11.6 Å². The number of nitrogens with zero attached hydrogens (tertiary/aromatic N) is 4. The first-order valence-electron chi connectivity index (χ1n) is 7.14. The minimum absolute atomic E-state index is 0.255. The first-order chi connectivity index (χ1) is 10.4. The Morgan fingerprint density at radius 2 is 1.55 bits per heavy atom. The van der Waals surface area contributed by atoms with Gasteiger partial charge in [0.25, 0.3) is 0 Å². The monoisotopic (exact) mass is 324 g/mol. The molecule has 1 aliphatic heterocycles. The number of anilines is 1. The Morgan fingerprint density at radius 3 is 2.05 bits per heavy atom. The van der Waals surface area contributed by atoms with Crippen LogP contribution in [-0.4, -0.2) is 74.1 Å². The summed E-state index contributed by atoms with van der Waals surface area (Å²) >= 11 is 5.89. The number of carbonyl (C=O) groups excluding carboxylic acids is 2. The maximum Gasteiger partial charge on any atom is 0.328 e. The van der Waals surface area contributed by atoms with E-state index in [2.05, 4.69) is 4.90 Å². The van der Waals surface area contributed by atoms with Crippen molar-refractivity contribution in [3.05, 3.63) is 29.3 Å².